The van der Waals surface area contributed by atoms with E-state index in [1.807, 2.05) is 24.3 Å². The number of anilines is 1. The number of carbonyl (C=O) groups excluding carboxylic acids is 1. The largest absolute Gasteiger partial charge is 0.326 e. The number of halogens is 1. The smallest absolute Gasteiger partial charge is 0.251 e. The lowest BCUT2D eigenvalue weighted by atomic mass is 10.0. The summed E-state index contributed by atoms with van der Waals surface area (Å²) in [6.45, 7) is 4.14. The molecule has 1 heterocycles. The highest BCUT2D eigenvalue weighted by Crippen LogP contribution is 2.23. The quantitative estimate of drug-likeness (QED) is 0.716. The number of aromatic nitrogens is 1. The average Bonchev–Trinajstić information content (AvgIpc) is 2.60. The van der Waals surface area contributed by atoms with Crippen LogP contribution in [-0.2, 0) is 11.2 Å². The van der Waals surface area contributed by atoms with Gasteiger partial charge in [-0.2, -0.15) is 0 Å². The Morgan fingerprint density at radius 3 is 2.69 bits per heavy atom. The summed E-state index contributed by atoms with van der Waals surface area (Å²) in [6.07, 6.45) is 0.514. The topological polar surface area (TPSA) is 62.0 Å². The van der Waals surface area contributed by atoms with Crippen molar-refractivity contribution in [3.8, 4) is 0 Å². The van der Waals surface area contributed by atoms with Gasteiger partial charge in [-0.3, -0.25) is 9.59 Å². The predicted molar refractivity (Wildman–Crippen MR) is 102 cm³/mol. The maximum absolute atomic E-state index is 13.2. The number of carbonyl (C=O) groups is 1. The minimum absolute atomic E-state index is 0.142. The number of amides is 1. The van der Waals surface area contributed by atoms with E-state index in [0.29, 0.717) is 23.4 Å². The number of rotatable bonds is 5. The van der Waals surface area contributed by atoms with Crippen molar-refractivity contribution in [2.45, 2.75) is 32.6 Å². The van der Waals surface area contributed by atoms with Gasteiger partial charge in [-0.15, -0.1) is 0 Å². The summed E-state index contributed by atoms with van der Waals surface area (Å²) in [5.74, 6) is -0.240. The summed E-state index contributed by atoms with van der Waals surface area (Å²) in [5.41, 5.74) is 2.55. The lowest BCUT2D eigenvalue weighted by Gasteiger charge is -2.13. The fourth-order valence-corrected chi connectivity index (χ4v) is 2.98. The van der Waals surface area contributed by atoms with Crippen molar-refractivity contribution < 1.29 is 9.18 Å². The minimum atomic E-state index is -0.399. The van der Waals surface area contributed by atoms with E-state index in [2.05, 4.69) is 24.1 Å². The molecule has 5 heteroatoms. The molecule has 26 heavy (non-hydrogen) atoms. The zero-order valence-electron chi connectivity index (χ0n) is 14.8. The molecule has 0 aliphatic carbocycles. The van der Waals surface area contributed by atoms with Crippen LogP contribution in [0.15, 0.2) is 53.3 Å². The summed E-state index contributed by atoms with van der Waals surface area (Å²) in [5, 5.41) is 3.67. The Morgan fingerprint density at radius 1 is 1.15 bits per heavy atom. The summed E-state index contributed by atoms with van der Waals surface area (Å²) < 4.78 is 13.2. The molecule has 2 aromatic carbocycles. The van der Waals surface area contributed by atoms with E-state index in [1.165, 1.54) is 12.1 Å². The van der Waals surface area contributed by atoms with E-state index in [4.69, 9.17) is 0 Å². The van der Waals surface area contributed by atoms with Crippen molar-refractivity contribution in [1.82, 2.24) is 4.98 Å². The molecule has 0 spiro atoms. The molecule has 2 N–H and O–H groups in total. The van der Waals surface area contributed by atoms with Crippen LogP contribution in [0.1, 0.15) is 37.3 Å². The molecule has 1 aromatic heterocycles. The Morgan fingerprint density at radius 2 is 1.92 bits per heavy atom. The van der Waals surface area contributed by atoms with Crippen molar-refractivity contribution >= 4 is 22.5 Å². The van der Waals surface area contributed by atoms with E-state index < -0.39 is 5.82 Å². The first-order valence-electron chi connectivity index (χ1n) is 8.64. The molecule has 0 unspecified atom stereocenters. The summed E-state index contributed by atoms with van der Waals surface area (Å²) in [7, 11) is 0. The first-order valence-corrected chi connectivity index (χ1v) is 8.64. The van der Waals surface area contributed by atoms with Gasteiger partial charge in [-0.1, -0.05) is 32.0 Å². The number of aromatic amines is 1. The van der Waals surface area contributed by atoms with Crippen LogP contribution in [0.3, 0.4) is 0 Å². The third kappa shape index (κ3) is 3.99. The standard InChI is InChI=1S/C21H21FN2O2/c1-13(2)17-5-3-4-6-18(17)23-20(25)10-8-15-11-14-7-9-16(22)12-19(14)24-21(15)26/h3-7,9,11-13H,8,10H2,1-2H3,(H,23,25)(H,24,26). The predicted octanol–water partition coefficient (Wildman–Crippen LogP) is 4.36. The van der Waals surface area contributed by atoms with Crippen LogP contribution in [0.2, 0.25) is 0 Å². The number of benzene rings is 2. The highest BCUT2D eigenvalue weighted by molar-refractivity contribution is 5.91. The Balaban J connectivity index is 1.72. The molecule has 4 nitrogen and oxygen atoms in total. The first-order chi connectivity index (χ1) is 12.4. The van der Waals surface area contributed by atoms with E-state index >= 15 is 0 Å². The maximum atomic E-state index is 13.2. The molecule has 0 aliphatic heterocycles. The third-order valence-electron chi connectivity index (χ3n) is 4.36. The summed E-state index contributed by atoms with van der Waals surface area (Å²) in [6, 6.07) is 13.7. The normalized spacial score (nSPS) is 11.1. The van der Waals surface area contributed by atoms with Gasteiger partial charge in [0, 0.05) is 17.7 Å². The summed E-state index contributed by atoms with van der Waals surface area (Å²) >= 11 is 0. The Labute approximate surface area is 151 Å². The van der Waals surface area contributed by atoms with Gasteiger partial charge in [0.15, 0.2) is 0 Å². The average molecular weight is 352 g/mol. The molecule has 3 aromatic rings. The van der Waals surface area contributed by atoms with E-state index in [9.17, 15) is 14.0 Å². The van der Waals surface area contributed by atoms with Crippen molar-refractivity contribution in [2.24, 2.45) is 0 Å². The molecular weight excluding hydrogens is 331 g/mol. The molecule has 0 aliphatic rings. The number of nitrogens with one attached hydrogen (secondary N) is 2. The van der Waals surface area contributed by atoms with Gasteiger partial charge in [-0.25, -0.2) is 4.39 Å². The first kappa shape index (κ1) is 17.9. The number of pyridine rings is 1. The maximum Gasteiger partial charge on any atom is 0.251 e. The highest BCUT2D eigenvalue weighted by Gasteiger charge is 2.11. The van der Waals surface area contributed by atoms with E-state index in [1.54, 1.807) is 12.1 Å². The molecular formula is C21H21FN2O2. The van der Waals surface area contributed by atoms with Crippen molar-refractivity contribution in [1.29, 1.82) is 0 Å². The minimum Gasteiger partial charge on any atom is -0.326 e. The van der Waals surface area contributed by atoms with Gasteiger partial charge in [0.1, 0.15) is 5.82 Å². The van der Waals surface area contributed by atoms with Crippen LogP contribution in [0.25, 0.3) is 10.9 Å². The highest BCUT2D eigenvalue weighted by atomic mass is 19.1. The van der Waals surface area contributed by atoms with Gasteiger partial charge < -0.3 is 10.3 Å². The fraction of sp³-hybridized carbons (Fsp3) is 0.238. The molecule has 134 valence electrons. The van der Waals surface area contributed by atoms with Crippen LogP contribution < -0.4 is 10.9 Å². The van der Waals surface area contributed by atoms with E-state index in [-0.39, 0.29) is 17.9 Å². The Kier molecular flexibility index (Phi) is 5.16. The van der Waals surface area contributed by atoms with Gasteiger partial charge in [-0.05, 0) is 53.6 Å². The molecule has 1 amide bonds. The number of para-hydroxylation sites is 1. The van der Waals surface area contributed by atoms with Gasteiger partial charge in [0.2, 0.25) is 5.91 Å². The second-order valence-corrected chi connectivity index (χ2v) is 6.65. The number of H-pyrrole nitrogens is 1. The fourth-order valence-electron chi connectivity index (χ4n) is 2.98. The second kappa shape index (κ2) is 7.52. The second-order valence-electron chi connectivity index (χ2n) is 6.65. The SMILES string of the molecule is CC(C)c1ccccc1NC(=O)CCc1cc2ccc(F)cc2[nH]c1=O. The zero-order valence-corrected chi connectivity index (χ0v) is 14.8. The van der Waals surface area contributed by atoms with Crippen molar-refractivity contribution in [2.75, 3.05) is 5.32 Å². The van der Waals surface area contributed by atoms with Gasteiger partial charge in [0.05, 0.1) is 5.52 Å². The molecule has 0 bridgehead atoms. The van der Waals surface area contributed by atoms with E-state index in [0.717, 1.165) is 16.6 Å². The molecule has 0 saturated heterocycles. The van der Waals surface area contributed by atoms with Crippen LogP contribution in [-0.4, -0.2) is 10.9 Å². The monoisotopic (exact) mass is 352 g/mol. The van der Waals surface area contributed by atoms with Crippen molar-refractivity contribution in [3.63, 3.8) is 0 Å². The molecule has 0 fully saturated rings. The van der Waals surface area contributed by atoms with Crippen molar-refractivity contribution in [3.05, 3.63) is 75.8 Å². The number of aryl methyl sites for hydroxylation is 1. The Bertz CT molecular complexity index is 1010. The number of hydrogen-bond donors (Lipinski definition) is 2. The van der Waals surface area contributed by atoms with Crippen LogP contribution in [0.5, 0.6) is 0 Å². The lowest BCUT2D eigenvalue weighted by Crippen LogP contribution is -2.18. The number of fused-ring (bicyclic) bond motifs is 1. The van der Waals surface area contributed by atoms with Gasteiger partial charge >= 0.3 is 0 Å². The lowest BCUT2D eigenvalue weighted by molar-refractivity contribution is -0.116. The zero-order chi connectivity index (χ0) is 18.7. The van der Waals surface area contributed by atoms with Crippen LogP contribution >= 0.6 is 0 Å². The molecule has 0 radical (unpaired) electrons. The summed E-state index contributed by atoms with van der Waals surface area (Å²) in [4.78, 5) is 27.1. The molecule has 3 rings (SSSR count). The van der Waals surface area contributed by atoms with Crippen LogP contribution in [0.4, 0.5) is 10.1 Å². The third-order valence-corrected chi connectivity index (χ3v) is 4.36. The molecule has 0 atom stereocenters. The number of hydrogen-bond acceptors (Lipinski definition) is 2. The van der Waals surface area contributed by atoms with Gasteiger partial charge in [0.25, 0.3) is 5.56 Å². The Hall–Kier alpha value is -2.95. The molecule has 0 saturated carbocycles. The van der Waals surface area contributed by atoms with Crippen LogP contribution in [0, 0.1) is 5.82 Å².